The van der Waals surface area contributed by atoms with Gasteiger partial charge in [0.25, 0.3) is 0 Å². The van der Waals surface area contributed by atoms with E-state index in [1.807, 2.05) is 0 Å². The zero-order chi connectivity index (χ0) is 41.5. The molecule has 0 atom stereocenters. The number of para-hydroxylation sites is 4. The van der Waals surface area contributed by atoms with Gasteiger partial charge in [-0.3, -0.25) is 0 Å². The van der Waals surface area contributed by atoms with Crippen LogP contribution in [-0.2, 0) is 26.5 Å². The van der Waals surface area contributed by atoms with Crippen LogP contribution in [0.15, 0.2) is 188 Å². The van der Waals surface area contributed by atoms with Crippen LogP contribution in [0, 0.1) is 42.5 Å². The molecule has 3 heterocycles. The van der Waals surface area contributed by atoms with E-state index < -0.39 is 0 Å². The number of benzene rings is 7. The molecule has 0 saturated heterocycles. The van der Waals surface area contributed by atoms with Gasteiger partial charge in [-0.2, -0.15) is 53.4 Å². The Bertz CT molecular complexity index is 3120. The number of nitrogens with zero attached hydrogens (tertiary/aromatic N) is 4. The first-order valence-electron chi connectivity index (χ1n) is 22.8. The Balaban J connectivity index is 0.00000433. The van der Waals surface area contributed by atoms with Gasteiger partial charge in [-0.15, -0.1) is 17.7 Å². The maximum atomic E-state index is 5.24. The van der Waals surface area contributed by atoms with E-state index in [0.29, 0.717) is 11.8 Å². The summed E-state index contributed by atoms with van der Waals surface area (Å²) in [5.41, 5.74) is 12.9. The standard InChI is InChI=1S/C58H46BN4.Pt/c1-4-15-42(16-5-1)58(44-32-40-31-41(34-44)35-45(58)33-40)43-29-30-60-57(36-43)63-53-24-11-10-23-51(53)52-28-27-48(38-56(52)63)59(46-17-6-2-7-18-46)47-19-14-22-50(37-47)62-39-61(49-20-8-3-9-21-49)54-25-12-13-26-55(54)62;/h1-30,36,39-41,44-45H,31-35H2;/q-3;. The van der Waals surface area contributed by atoms with Gasteiger partial charge in [0.15, 0.2) is 6.71 Å². The molecule has 4 aliphatic carbocycles. The molecule has 4 saturated carbocycles. The van der Waals surface area contributed by atoms with E-state index in [9.17, 15) is 0 Å². The molecule has 0 unspecified atom stereocenters. The molecule has 0 radical (unpaired) electrons. The molecule has 0 spiro atoms. The molecule has 2 aromatic heterocycles. The van der Waals surface area contributed by atoms with Crippen molar-refractivity contribution in [2.24, 2.45) is 23.7 Å². The van der Waals surface area contributed by atoms with Crippen LogP contribution in [0.4, 0.5) is 22.7 Å². The monoisotopic (exact) mass is 1000 g/mol. The average molecular weight is 1000 g/mol. The molecule has 64 heavy (non-hydrogen) atoms. The normalized spacial score (nSPS) is 21.9. The molecule has 4 nitrogen and oxygen atoms in total. The van der Waals surface area contributed by atoms with Crippen LogP contribution in [0.25, 0.3) is 27.6 Å². The van der Waals surface area contributed by atoms with Gasteiger partial charge in [0.1, 0.15) is 5.82 Å². The van der Waals surface area contributed by atoms with E-state index in [4.69, 9.17) is 4.98 Å². The first-order valence-corrected chi connectivity index (χ1v) is 22.8. The van der Waals surface area contributed by atoms with E-state index in [-0.39, 0.29) is 33.2 Å². The van der Waals surface area contributed by atoms with Crippen LogP contribution in [0.1, 0.15) is 43.2 Å². The summed E-state index contributed by atoms with van der Waals surface area (Å²) in [4.78, 5) is 9.77. The number of hydrogen-bond donors (Lipinski definition) is 0. The number of hydrogen-bond acceptors (Lipinski definition) is 3. The molecule has 6 heteroatoms. The molecule has 0 N–H and O–H groups in total. The molecule has 5 aliphatic rings. The van der Waals surface area contributed by atoms with Crippen molar-refractivity contribution < 1.29 is 21.1 Å². The van der Waals surface area contributed by atoms with Gasteiger partial charge in [-0.25, -0.2) is 4.98 Å². The van der Waals surface area contributed by atoms with Crippen LogP contribution in [0.2, 0.25) is 0 Å². The Morgan fingerprint density at radius 1 is 0.547 bits per heavy atom. The quantitative estimate of drug-likeness (QED) is 0.112. The van der Waals surface area contributed by atoms with Crippen molar-refractivity contribution in [3.63, 3.8) is 0 Å². The molecule has 314 valence electrons. The van der Waals surface area contributed by atoms with E-state index in [0.717, 1.165) is 62.4 Å². The Labute approximate surface area is 390 Å². The topological polar surface area (TPSA) is 24.3 Å². The molecule has 1 aliphatic heterocycles. The Kier molecular flexibility index (Phi) is 9.75. The molecule has 9 aromatic rings. The maximum Gasteiger partial charge on any atom is 0.191 e. The Morgan fingerprint density at radius 3 is 1.94 bits per heavy atom. The van der Waals surface area contributed by atoms with Gasteiger partial charge in [-0.05, 0) is 115 Å². The smallest absolute Gasteiger partial charge is 0.191 e. The SMILES string of the molecule is [Pt].[c-]1c(B(c2[c-]c3c(cc2)c2ccccc2n3-c2cc(C3(c4ccccc4)C4CC5CC(C4)CC3C5)ccn2)c2ccccc2)cccc1N1[CH-]N(c2ccccc2)c2ccccc21. The van der Waals surface area contributed by atoms with Gasteiger partial charge in [0.2, 0.25) is 0 Å². The summed E-state index contributed by atoms with van der Waals surface area (Å²) < 4.78 is 2.39. The summed E-state index contributed by atoms with van der Waals surface area (Å²) in [6, 6.07) is 74.4. The first kappa shape index (κ1) is 39.4. The van der Waals surface area contributed by atoms with Gasteiger partial charge < -0.3 is 14.4 Å². The van der Waals surface area contributed by atoms with E-state index in [1.54, 1.807) is 0 Å². The molecule has 4 fully saturated rings. The van der Waals surface area contributed by atoms with Crippen LogP contribution in [-0.4, -0.2) is 16.3 Å². The van der Waals surface area contributed by atoms with E-state index in [1.165, 1.54) is 59.5 Å². The molecular formula is C58H46BN4Pt-3. The summed E-state index contributed by atoms with van der Waals surface area (Å²) in [7, 11) is 0. The molecule has 0 amide bonds. The third kappa shape index (κ3) is 6.18. The fourth-order valence-electron chi connectivity index (χ4n) is 12.9. The fourth-order valence-corrected chi connectivity index (χ4v) is 12.9. The Morgan fingerprint density at radius 2 is 1.19 bits per heavy atom. The summed E-state index contributed by atoms with van der Waals surface area (Å²) in [5.74, 6) is 4.01. The second kappa shape index (κ2) is 15.8. The zero-order valence-electron chi connectivity index (χ0n) is 35.5. The predicted octanol–water partition coefficient (Wildman–Crippen LogP) is 11.4. The van der Waals surface area contributed by atoms with Gasteiger partial charge >= 0.3 is 0 Å². The Hall–Kier alpha value is -6.16. The minimum absolute atomic E-state index is 0. The molecule has 14 rings (SSSR count). The van der Waals surface area contributed by atoms with Crippen LogP contribution in [0.3, 0.4) is 0 Å². The number of anilines is 4. The van der Waals surface area contributed by atoms with Crippen molar-refractivity contribution in [1.82, 2.24) is 9.55 Å². The van der Waals surface area contributed by atoms with Gasteiger partial charge in [0, 0.05) is 55.3 Å². The van der Waals surface area contributed by atoms with Gasteiger partial charge in [-0.1, -0.05) is 120 Å². The van der Waals surface area contributed by atoms with Crippen LogP contribution >= 0.6 is 0 Å². The maximum absolute atomic E-state index is 5.24. The second-order valence-corrected chi connectivity index (χ2v) is 18.5. The van der Waals surface area contributed by atoms with Gasteiger partial charge in [0.05, 0.1) is 0 Å². The third-order valence-corrected chi connectivity index (χ3v) is 15.2. The number of fused-ring (bicyclic) bond motifs is 4. The van der Waals surface area contributed by atoms with Crippen LogP contribution in [0.5, 0.6) is 0 Å². The number of aromatic nitrogens is 2. The number of pyridine rings is 1. The predicted molar refractivity (Wildman–Crippen MR) is 260 cm³/mol. The summed E-state index contributed by atoms with van der Waals surface area (Å²) in [6.45, 7) is 2.08. The van der Waals surface area contributed by atoms with Crippen molar-refractivity contribution >= 4 is 67.7 Å². The largest absolute Gasteiger partial charge is 0.493 e. The molecule has 4 bridgehead atoms. The van der Waals surface area contributed by atoms with E-state index >= 15 is 0 Å². The second-order valence-electron chi connectivity index (χ2n) is 18.5. The molecule has 7 aromatic carbocycles. The van der Waals surface area contributed by atoms with Crippen LogP contribution < -0.4 is 26.2 Å². The average Bonchev–Trinajstić information content (AvgIpc) is 3.89. The summed E-state index contributed by atoms with van der Waals surface area (Å²) >= 11 is 0. The first-order chi connectivity index (χ1) is 31.2. The minimum atomic E-state index is -0.112. The van der Waals surface area contributed by atoms with E-state index in [2.05, 4.69) is 221 Å². The van der Waals surface area contributed by atoms with Crippen molar-refractivity contribution in [3.8, 4) is 5.82 Å². The minimum Gasteiger partial charge on any atom is -0.493 e. The fraction of sp³-hybridized carbons (Fsp3) is 0.172. The van der Waals surface area contributed by atoms with Crippen molar-refractivity contribution in [3.05, 3.63) is 218 Å². The zero-order valence-corrected chi connectivity index (χ0v) is 37.8. The summed E-state index contributed by atoms with van der Waals surface area (Å²) in [5, 5.41) is 2.40. The summed E-state index contributed by atoms with van der Waals surface area (Å²) in [6.07, 6.45) is 8.85. The molecular weight excluding hydrogens is 959 g/mol. The third-order valence-electron chi connectivity index (χ3n) is 15.2. The van der Waals surface area contributed by atoms with Crippen molar-refractivity contribution in [2.75, 3.05) is 9.80 Å². The number of rotatable bonds is 8. The van der Waals surface area contributed by atoms with Crippen molar-refractivity contribution in [2.45, 2.75) is 37.5 Å². The van der Waals surface area contributed by atoms with Crippen molar-refractivity contribution in [1.29, 1.82) is 0 Å².